The maximum Gasteiger partial charge on any atom is 0.242 e. The normalized spacial score (nSPS) is 15.9. The average Bonchev–Trinajstić information content (AvgIpc) is 3.08. The van der Waals surface area contributed by atoms with Crippen molar-refractivity contribution in [2.24, 2.45) is 4.99 Å². The Bertz CT molecular complexity index is 1240. The van der Waals surface area contributed by atoms with Crippen LogP contribution in [0.1, 0.15) is 21.8 Å². The fourth-order valence-electron chi connectivity index (χ4n) is 4.08. The van der Waals surface area contributed by atoms with Crippen molar-refractivity contribution in [3.05, 3.63) is 82.1 Å². The highest BCUT2D eigenvalue weighted by molar-refractivity contribution is 7.15. The molecule has 4 heterocycles. The number of carbonyl (C=O) groups excluding carboxylic acids is 1. The second-order valence-corrected chi connectivity index (χ2v) is 9.19. The minimum absolute atomic E-state index is 0.0188. The van der Waals surface area contributed by atoms with E-state index in [4.69, 9.17) is 10.7 Å². The lowest BCUT2D eigenvalue weighted by Gasteiger charge is -2.30. The SMILES string of the molecule is Nc1nc2c(s1)CCN(C(=O)CN1CC=C(c3ccc(F)cn3)N=C1c1ccc(F)cc1)CC2. The fourth-order valence-corrected chi connectivity index (χ4v) is 4.95. The number of aromatic nitrogens is 2. The third-order valence-electron chi connectivity index (χ3n) is 5.82. The first-order chi connectivity index (χ1) is 16.5. The molecule has 2 aromatic heterocycles. The number of anilines is 1. The first-order valence-corrected chi connectivity index (χ1v) is 11.7. The van der Waals surface area contributed by atoms with Crippen molar-refractivity contribution >= 4 is 33.9 Å². The Kier molecular flexibility index (Phi) is 6.06. The molecule has 0 radical (unpaired) electrons. The number of hydrogen-bond donors (Lipinski definition) is 1. The van der Waals surface area contributed by atoms with E-state index in [1.54, 1.807) is 18.2 Å². The number of rotatable bonds is 4. The molecule has 0 aliphatic carbocycles. The number of nitrogens with zero attached hydrogens (tertiary/aromatic N) is 5. The van der Waals surface area contributed by atoms with E-state index in [2.05, 4.69) is 9.97 Å². The van der Waals surface area contributed by atoms with Crippen molar-refractivity contribution in [3.8, 4) is 0 Å². The number of nitrogens with two attached hydrogens (primary N) is 1. The van der Waals surface area contributed by atoms with Gasteiger partial charge in [-0.2, -0.15) is 0 Å². The standard InChI is InChI=1S/C24H22F2N6OS/c25-16-3-1-15(2-4-16)23-29-19(18-6-5-17(26)13-28-18)7-11-32(23)14-22(33)31-10-8-20-21(9-12-31)34-24(27)30-20/h1-7,13H,8-12,14H2,(H2,27,30). The third kappa shape index (κ3) is 4.67. The molecule has 2 aliphatic rings. The molecule has 0 fully saturated rings. The van der Waals surface area contributed by atoms with Crippen LogP contribution in [0.15, 0.2) is 53.7 Å². The summed E-state index contributed by atoms with van der Waals surface area (Å²) in [6.07, 6.45) is 4.40. The quantitative estimate of drug-likeness (QED) is 0.620. The Morgan fingerprint density at radius 3 is 2.59 bits per heavy atom. The van der Waals surface area contributed by atoms with Crippen LogP contribution in [0.2, 0.25) is 0 Å². The van der Waals surface area contributed by atoms with Gasteiger partial charge in [-0.3, -0.25) is 9.78 Å². The number of amides is 1. The number of fused-ring (bicyclic) bond motifs is 1. The molecule has 5 rings (SSSR count). The van der Waals surface area contributed by atoms with E-state index in [0.717, 1.165) is 23.2 Å². The van der Waals surface area contributed by atoms with Crippen molar-refractivity contribution in [2.75, 3.05) is 31.9 Å². The molecule has 0 atom stereocenters. The summed E-state index contributed by atoms with van der Waals surface area (Å²) < 4.78 is 26.9. The molecule has 3 aromatic rings. The summed E-state index contributed by atoms with van der Waals surface area (Å²) in [5.74, 6) is -0.264. The molecule has 1 aromatic carbocycles. The minimum Gasteiger partial charge on any atom is -0.375 e. The average molecular weight is 481 g/mol. The van der Waals surface area contributed by atoms with Gasteiger partial charge in [-0.25, -0.2) is 18.8 Å². The summed E-state index contributed by atoms with van der Waals surface area (Å²) in [6.45, 7) is 1.72. The second-order valence-electron chi connectivity index (χ2n) is 8.08. The summed E-state index contributed by atoms with van der Waals surface area (Å²) in [7, 11) is 0. The van der Waals surface area contributed by atoms with Crippen LogP contribution in [0.25, 0.3) is 5.70 Å². The highest BCUT2D eigenvalue weighted by atomic mass is 32.1. The van der Waals surface area contributed by atoms with Crippen LogP contribution in [0.4, 0.5) is 13.9 Å². The number of pyridine rings is 1. The number of hydrogen-bond acceptors (Lipinski definition) is 7. The van der Waals surface area contributed by atoms with E-state index < -0.39 is 5.82 Å². The van der Waals surface area contributed by atoms with Crippen molar-refractivity contribution < 1.29 is 13.6 Å². The van der Waals surface area contributed by atoms with Gasteiger partial charge in [0.1, 0.15) is 17.5 Å². The molecule has 7 nitrogen and oxygen atoms in total. The number of amidine groups is 1. The van der Waals surface area contributed by atoms with E-state index in [0.29, 0.717) is 54.0 Å². The molecule has 0 saturated heterocycles. The van der Waals surface area contributed by atoms with Gasteiger partial charge in [0.15, 0.2) is 5.13 Å². The van der Waals surface area contributed by atoms with E-state index >= 15 is 0 Å². The molecule has 2 N–H and O–H groups in total. The zero-order chi connectivity index (χ0) is 23.7. The molecule has 0 saturated carbocycles. The highest BCUT2D eigenvalue weighted by Crippen LogP contribution is 2.25. The topological polar surface area (TPSA) is 87.7 Å². The lowest BCUT2D eigenvalue weighted by Crippen LogP contribution is -2.45. The molecule has 0 spiro atoms. The van der Waals surface area contributed by atoms with Gasteiger partial charge in [0.25, 0.3) is 0 Å². The maximum atomic E-state index is 13.5. The zero-order valence-electron chi connectivity index (χ0n) is 18.2. The Hall–Kier alpha value is -3.66. The second kappa shape index (κ2) is 9.30. The third-order valence-corrected chi connectivity index (χ3v) is 6.81. The zero-order valence-corrected chi connectivity index (χ0v) is 19.1. The van der Waals surface area contributed by atoms with Crippen molar-refractivity contribution in [1.29, 1.82) is 0 Å². The molecule has 0 unspecified atom stereocenters. The van der Waals surface area contributed by atoms with Crippen LogP contribution in [-0.2, 0) is 17.6 Å². The Labute approximate surface area is 199 Å². The monoisotopic (exact) mass is 480 g/mol. The molecule has 10 heteroatoms. The number of thiazole rings is 1. The van der Waals surface area contributed by atoms with Crippen LogP contribution in [-0.4, -0.2) is 57.7 Å². The highest BCUT2D eigenvalue weighted by Gasteiger charge is 2.26. The molecular formula is C24H22F2N6OS. The number of halogens is 2. The largest absolute Gasteiger partial charge is 0.375 e. The Morgan fingerprint density at radius 1 is 1.06 bits per heavy atom. The fraction of sp³-hybridized carbons (Fsp3) is 0.250. The van der Waals surface area contributed by atoms with Crippen LogP contribution >= 0.6 is 11.3 Å². The Morgan fingerprint density at radius 2 is 1.82 bits per heavy atom. The van der Waals surface area contributed by atoms with Crippen LogP contribution in [0.3, 0.4) is 0 Å². The molecule has 1 amide bonds. The van der Waals surface area contributed by atoms with Gasteiger partial charge in [-0.15, -0.1) is 11.3 Å². The Balaban J connectivity index is 1.36. The number of benzene rings is 1. The first kappa shape index (κ1) is 22.1. The number of carbonyl (C=O) groups is 1. The van der Waals surface area contributed by atoms with E-state index in [1.165, 1.54) is 29.5 Å². The van der Waals surface area contributed by atoms with Crippen LogP contribution < -0.4 is 5.73 Å². The summed E-state index contributed by atoms with van der Waals surface area (Å²) in [5.41, 5.74) is 8.58. The molecule has 0 bridgehead atoms. The van der Waals surface area contributed by atoms with Gasteiger partial charge in [0.2, 0.25) is 5.91 Å². The van der Waals surface area contributed by atoms with Gasteiger partial charge in [-0.05, 0) is 42.5 Å². The van der Waals surface area contributed by atoms with Gasteiger partial charge < -0.3 is 15.5 Å². The molecule has 2 aliphatic heterocycles. The van der Waals surface area contributed by atoms with E-state index in [-0.39, 0.29) is 18.3 Å². The van der Waals surface area contributed by atoms with Gasteiger partial charge in [0.05, 0.1) is 29.8 Å². The van der Waals surface area contributed by atoms with E-state index in [9.17, 15) is 13.6 Å². The van der Waals surface area contributed by atoms with Crippen molar-refractivity contribution in [1.82, 2.24) is 19.8 Å². The van der Waals surface area contributed by atoms with Crippen molar-refractivity contribution in [3.63, 3.8) is 0 Å². The van der Waals surface area contributed by atoms with Crippen LogP contribution in [0.5, 0.6) is 0 Å². The van der Waals surface area contributed by atoms with Crippen molar-refractivity contribution in [2.45, 2.75) is 12.8 Å². The van der Waals surface area contributed by atoms with E-state index in [1.807, 2.05) is 15.9 Å². The summed E-state index contributed by atoms with van der Waals surface area (Å²) in [5, 5.41) is 0.566. The van der Waals surface area contributed by atoms with Gasteiger partial charge in [0, 0.05) is 42.9 Å². The lowest BCUT2D eigenvalue weighted by molar-refractivity contribution is -0.131. The molecule has 174 valence electrons. The summed E-state index contributed by atoms with van der Waals surface area (Å²) in [4.78, 5) is 31.3. The maximum absolute atomic E-state index is 13.5. The molecular weight excluding hydrogens is 458 g/mol. The smallest absolute Gasteiger partial charge is 0.242 e. The molecule has 34 heavy (non-hydrogen) atoms. The van der Waals surface area contributed by atoms with Gasteiger partial charge in [-0.1, -0.05) is 0 Å². The predicted molar refractivity (Wildman–Crippen MR) is 127 cm³/mol. The lowest BCUT2D eigenvalue weighted by atomic mass is 10.1. The predicted octanol–water partition coefficient (Wildman–Crippen LogP) is 3.13. The summed E-state index contributed by atoms with van der Waals surface area (Å²) in [6, 6.07) is 8.87. The van der Waals surface area contributed by atoms with Gasteiger partial charge >= 0.3 is 0 Å². The summed E-state index contributed by atoms with van der Waals surface area (Å²) >= 11 is 1.48. The minimum atomic E-state index is -0.431. The van der Waals surface area contributed by atoms with Crippen LogP contribution in [0, 0.1) is 11.6 Å². The number of nitrogen functional groups attached to an aromatic ring is 1. The first-order valence-electron chi connectivity index (χ1n) is 10.9. The number of aliphatic imine (C=N–C) groups is 1.